The summed E-state index contributed by atoms with van der Waals surface area (Å²) in [4.78, 5) is 59.9. The maximum absolute atomic E-state index is 11.5. The van der Waals surface area contributed by atoms with Gasteiger partial charge >= 0.3 is 77.0 Å². The molecule has 14 nitrogen and oxygen atoms in total. The van der Waals surface area contributed by atoms with E-state index in [1.165, 1.54) is 9.80 Å². The molecule has 0 aliphatic heterocycles. The third kappa shape index (κ3) is 20.5. The van der Waals surface area contributed by atoms with Crippen LogP contribution in [-0.4, -0.2) is 125 Å². The molecule has 1 aromatic rings. The van der Waals surface area contributed by atoms with Crippen molar-refractivity contribution in [3.8, 4) is 5.75 Å². The number of hydrogen-bond donors (Lipinski definition) is 3. The molecular weight excluding hydrogens is 697 g/mol. The summed E-state index contributed by atoms with van der Waals surface area (Å²) >= 11 is 0. The Morgan fingerprint density at radius 2 is 1.23 bits per heavy atom. The summed E-state index contributed by atoms with van der Waals surface area (Å²) in [6.45, 7) is -1.38. The Balaban J connectivity index is -0.00000456. The van der Waals surface area contributed by atoms with Crippen molar-refractivity contribution in [2.24, 2.45) is 0 Å². The van der Waals surface area contributed by atoms with Gasteiger partial charge in [-0.15, -0.1) is 0 Å². The molecule has 0 radical (unpaired) electrons. The minimum absolute atomic E-state index is 0. The van der Waals surface area contributed by atoms with Crippen molar-refractivity contribution in [3.63, 3.8) is 0 Å². The number of carbonyl (C=O) groups is 5. The smallest absolute Gasteiger partial charge is 0.549 e. The first-order valence-electron chi connectivity index (χ1n) is 11.3. The largest absolute Gasteiger partial charge is 1.00 e. The van der Waals surface area contributed by atoms with Crippen LogP contribution in [-0.2, 0) is 30.4 Å². The summed E-state index contributed by atoms with van der Waals surface area (Å²) in [5.74, 6) is -6.27. The van der Waals surface area contributed by atoms with Crippen LogP contribution in [0.15, 0.2) is 24.3 Å². The summed E-state index contributed by atoms with van der Waals surface area (Å²) in [7, 11) is 0. The van der Waals surface area contributed by atoms with Gasteiger partial charge in [-0.05, 0) is 31.0 Å². The normalized spacial score (nSPS) is 11.1. The Bertz CT molecular complexity index is 909. The fourth-order valence-corrected chi connectivity index (χ4v) is 3.72. The second-order valence-corrected chi connectivity index (χ2v) is 8.21. The van der Waals surface area contributed by atoms with Crippen LogP contribution in [0.25, 0.3) is 0 Å². The van der Waals surface area contributed by atoms with Crippen molar-refractivity contribution in [2.75, 3.05) is 59.0 Å². The third-order valence-corrected chi connectivity index (χ3v) is 5.16. The number of ether oxygens (including phenoxy) is 1. The second-order valence-electron chi connectivity index (χ2n) is 8.21. The number of carboxylic acid groups (broad SMARTS) is 5. The summed E-state index contributed by atoms with van der Waals surface area (Å²) in [6, 6.07) is 6.06. The molecule has 1 atom stereocenters. The van der Waals surface area contributed by atoms with Crippen LogP contribution in [0, 0.1) is 39.9 Å². The third-order valence-electron chi connectivity index (χ3n) is 5.16. The van der Waals surface area contributed by atoms with Crippen LogP contribution in [0.2, 0.25) is 0 Å². The zero-order valence-electron chi connectivity index (χ0n) is 22.8. The van der Waals surface area contributed by atoms with E-state index in [9.17, 15) is 49.5 Å². The van der Waals surface area contributed by atoms with Crippen LogP contribution in [0.3, 0.4) is 0 Å². The molecule has 0 fully saturated rings. The fourth-order valence-electron chi connectivity index (χ4n) is 3.72. The predicted molar refractivity (Wildman–Crippen MR) is 122 cm³/mol. The number of nitrogens with zero attached hydrogens (tertiary/aromatic N) is 3. The second kappa shape index (κ2) is 24.1. The maximum atomic E-state index is 11.5. The molecule has 1 unspecified atom stereocenters. The van der Waals surface area contributed by atoms with Crippen molar-refractivity contribution in [2.45, 2.75) is 19.4 Å². The van der Waals surface area contributed by atoms with E-state index in [4.69, 9.17) is 4.74 Å². The number of benzene rings is 1. The molecule has 214 valence electrons. The minimum Gasteiger partial charge on any atom is -0.549 e. The van der Waals surface area contributed by atoms with Crippen LogP contribution in [0.4, 0.5) is 0 Å². The van der Waals surface area contributed by atoms with Crippen molar-refractivity contribution >= 4 is 29.8 Å². The van der Waals surface area contributed by atoms with Gasteiger partial charge in [-0.3, -0.25) is 29.1 Å². The van der Waals surface area contributed by atoms with Gasteiger partial charge in [0, 0.05) is 78.7 Å². The van der Waals surface area contributed by atoms with Gasteiger partial charge in [0.2, 0.25) is 0 Å². The van der Waals surface area contributed by atoms with Crippen molar-refractivity contribution in [1.82, 2.24) is 14.7 Å². The first-order valence-corrected chi connectivity index (χ1v) is 11.3. The van der Waals surface area contributed by atoms with Gasteiger partial charge < -0.3 is 39.9 Å². The molecule has 3 N–H and O–H groups in total. The number of rotatable bonds is 20. The van der Waals surface area contributed by atoms with Crippen LogP contribution in [0.5, 0.6) is 5.75 Å². The fraction of sp³-hybridized carbons (Fsp3) is 0.522. The number of carbonyl (C=O) groups excluding carboxylic acids is 2. The molecule has 0 spiro atoms. The van der Waals surface area contributed by atoms with E-state index >= 15 is 0 Å². The number of hydrogen-bond acceptors (Lipinski definition) is 11. The van der Waals surface area contributed by atoms with E-state index in [1.807, 2.05) is 6.92 Å². The molecular formula is C23H31GdN3Na2O11. The first kappa shape index (κ1) is 44.0. The predicted octanol–water partition coefficient (Wildman–Crippen LogP) is -9.34. The maximum Gasteiger partial charge on any atom is 1.00 e. The molecule has 17 heteroatoms. The van der Waals surface area contributed by atoms with Crippen molar-refractivity contribution < 1.29 is 153 Å². The van der Waals surface area contributed by atoms with Gasteiger partial charge in [0.1, 0.15) is 5.75 Å². The van der Waals surface area contributed by atoms with Crippen LogP contribution >= 0.6 is 0 Å². The van der Waals surface area contributed by atoms with E-state index in [0.717, 1.165) is 4.90 Å². The van der Waals surface area contributed by atoms with Gasteiger partial charge in [0.15, 0.2) is 0 Å². The molecule has 0 saturated heterocycles. The van der Waals surface area contributed by atoms with Crippen LogP contribution < -0.4 is 74.1 Å². The van der Waals surface area contributed by atoms with E-state index < -0.39 is 68.6 Å². The summed E-state index contributed by atoms with van der Waals surface area (Å²) in [5.41, 5.74) is 0.708. The molecule has 40 heavy (non-hydrogen) atoms. The molecule has 0 aliphatic carbocycles. The Morgan fingerprint density at radius 3 is 1.62 bits per heavy atom. The molecule has 0 amide bonds. The van der Waals surface area contributed by atoms with Crippen molar-refractivity contribution in [1.29, 1.82) is 0 Å². The van der Waals surface area contributed by atoms with Gasteiger partial charge in [0.25, 0.3) is 0 Å². The summed E-state index contributed by atoms with van der Waals surface area (Å²) in [5, 5.41) is 50.0. The molecule has 0 saturated carbocycles. The standard InChI is InChI=1S/C23H33N3O11.Gd.2Na/c1-2-37-18-5-3-16(4-6-18)9-17(26(14-22(33)34)15-23(35)36)10-24(11-19(27)28)7-8-25(12-20(29)30)13-21(31)32;;;/h3-6,17H,2,7-15H2,1H3,(H,27,28)(H,29,30)(H,31,32)(H,33,34)(H,35,36);;;/q;;2*+1/p-2. The molecule has 1 rings (SSSR count). The van der Waals surface area contributed by atoms with E-state index in [2.05, 4.69) is 0 Å². The monoisotopic (exact) mass is 729 g/mol. The van der Waals surface area contributed by atoms with Gasteiger partial charge in [-0.25, -0.2) is 0 Å². The molecule has 0 aromatic heterocycles. The average molecular weight is 729 g/mol. The average Bonchev–Trinajstić information content (AvgIpc) is 2.76. The first-order chi connectivity index (χ1) is 17.4. The molecule has 1 aromatic carbocycles. The molecule has 0 bridgehead atoms. The van der Waals surface area contributed by atoms with E-state index in [0.29, 0.717) is 17.9 Å². The Labute approximate surface area is 308 Å². The summed E-state index contributed by atoms with van der Waals surface area (Å²) < 4.78 is 5.40. The topological polar surface area (TPSA) is 211 Å². The summed E-state index contributed by atoms with van der Waals surface area (Å²) in [6.07, 6.45) is 0.158. The number of aliphatic carboxylic acids is 5. The Hall–Kier alpha value is -0.425. The van der Waals surface area contributed by atoms with Crippen LogP contribution in [0.1, 0.15) is 12.5 Å². The SMILES string of the molecule is CCOc1ccc(CC(CN(CCN(CC(=O)[O-])CC(=O)[O-])CC(=O)O)N(CC(=O)O)CC(=O)O)cc1.[Gd].[Na+].[Na+]. The zero-order chi connectivity index (χ0) is 28.0. The molecule has 0 heterocycles. The molecule has 0 aliphatic rings. The van der Waals surface area contributed by atoms with Gasteiger partial charge in [-0.1, -0.05) is 12.1 Å². The van der Waals surface area contributed by atoms with Gasteiger partial charge in [0.05, 0.1) is 38.2 Å². The quantitative estimate of drug-likeness (QED) is 0.107. The van der Waals surface area contributed by atoms with Crippen molar-refractivity contribution in [3.05, 3.63) is 29.8 Å². The van der Waals surface area contributed by atoms with E-state index in [-0.39, 0.29) is 125 Å². The number of carboxylic acids is 5. The van der Waals surface area contributed by atoms with Gasteiger partial charge in [-0.2, -0.15) is 0 Å². The minimum atomic E-state index is -1.53. The Morgan fingerprint density at radius 1 is 0.775 bits per heavy atom. The van der Waals surface area contributed by atoms with E-state index in [1.54, 1.807) is 24.3 Å². The zero-order valence-corrected chi connectivity index (χ0v) is 29.0. The Kier molecular flexibility index (Phi) is 26.5.